The van der Waals surface area contributed by atoms with Crippen LogP contribution in [0.25, 0.3) is 0 Å². The third-order valence-corrected chi connectivity index (χ3v) is 3.34. The van der Waals surface area contributed by atoms with Gasteiger partial charge in [-0.05, 0) is 37.8 Å². The molecule has 0 amide bonds. The van der Waals surface area contributed by atoms with E-state index in [4.69, 9.17) is 4.74 Å². The van der Waals surface area contributed by atoms with Gasteiger partial charge in [0.1, 0.15) is 0 Å². The summed E-state index contributed by atoms with van der Waals surface area (Å²) in [5.41, 5.74) is 1.33. The third kappa shape index (κ3) is 5.65. The standard InChI is InChI=1S/C14H27N3O/c1-4-5-13(12-15-10-11-18-3)6-7-14-8-9-16-17(14)2/h8-9,13,15H,4-7,10-12H2,1-3H3. The number of aromatic nitrogens is 2. The van der Waals surface area contributed by atoms with Gasteiger partial charge in [0.25, 0.3) is 0 Å². The van der Waals surface area contributed by atoms with Crippen LogP contribution in [0.1, 0.15) is 31.9 Å². The number of rotatable bonds is 10. The quantitative estimate of drug-likeness (QED) is 0.648. The van der Waals surface area contributed by atoms with Crippen LogP contribution in [0, 0.1) is 5.92 Å². The molecule has 1 aromatic heterocycles. The molecule has 1 aromatic rings. The van der Waals surface area contributed by atoms with E-state index in [0.29, 0.717) is 0 Å². The van der Waals surface area contributed by atoms with E-state index >= 15 is 0 Å². The Labute approximate surface area is 111 Å². The van der Waals surface area contributed by atoms with Crippen LogP contribution in [-0.4, -0.2) is 36.6 Å². The van der Waals surface area contributed by atoms with Gasteiger partial charge in [-0.1, -0.05) is 13.3 Å². The number of ether oxygens (including phenoxy) is 1. The minimum Gasteiger partial charge on any atom is -0.383 e. The van der Waals surface area contributed by atoms with Gasteiger partial charge in [-0.15, -0.1) is 0 Å². The van der Waals surface area contributed by atoms with Crippen molar-refractivity contribution < 1.29 is 4.74 Å². The molecule has 4 nitrogen and oxygen atoms in total. The summed E-state index contributed by atoms with van der Waals surface area (Å²) in [6, 6.07) is 2.11. The van der Waals surface area contributed by atoms with E-state index in [0.717, 1.165) is 32.0 Å². The normalized spacial score (nSPS) is 12.8. The summed E-state index contributed by atoms with van der Waals surface area (Å²) in [6.07, 6.45) is 6.77. The molecule has 0 bridgehead atoms. The fourth-order valence-corrected chi connectivity index (χ4v) is 2.24. The summed E-state index contributed by atoms with van der Waals surface area (Å²) < 4.78 is 7.02. The van der Waals surface area contributed by atoms with Crippen molar-refractivity contribution in [2.24, 2.45) is 13.0 Å². The second kappa shape index (κ2) is 9.11. The SMILES string of the molecule is CCCC(CCc1ccnn1C)CNCCOC. The first-order chi connectivity index (χ1) is 8.77. The van der Waals surface area contributed by atoms with Crippen LogP contribution in [0.15, 0.2) is 12.3 Å². The van der Waals surface area contributed by atoms with Crippen molar-refractivity contribution in [3.63, 3.8) is 0 Å². The Hall–Kier alpha value is -0.870. The van der Waals surface area contributed by atoms with Gasteiger partial charge in [-0.25, -0.2) is 0 Å². The third-order valence-electron chi connectivity index (χ3n) is 3.34. The molecule has 0 aliphatic rings. The predicted molar refractivity (Wildman–Crippen MR) is 74.7 cm³/mol. The van der Waals surface area contributed by atoms with E-state index in [1.165, 1.54) is 25.0 Å². The maximum atomic E-state index is 5.04. The molecule has 0 aliphatic heterocycles. The first-order valence-corrected chi connectivity index (χ1v) is 6.94. The Kier molecular flexibility index (Phi) is 7.69. The maximum Gasteiger partial charge on any atom is 0.0587 e. The molecule has 1 atom stereocenters. The molecule has 0 spiro atoms. The van der Waals surface area contributed by atoms with Crippen LogP contribution >= 0.6 is 0 Å². The zero-order valence-corrected chi connectivity index (χ0v) is 12.0. The van der Waals surface area contributed by atoms with Crippen molar-refractivity contribution in [3.05, 3.63) is 18.0 Å². The van der Waals surface area contributed by atoms with Crippen molar-refractivity contribution >= 4 is 0 Å². The summed E-state index contributed by atoms with van der Waals surface area (Å²) in [4.78, 5) is 0. The highest BCUT2D eigenvalue weighted by Crippen LogP contribution is 2.14. The Balaban J connectivity index is 2.26. The molecule has 0 radical (unpaired) electrons. The second-order valence-electron chi connectivity index (χ2n) is 4.84. The van der Waals surface area contributed by atoms with Gasteiger partial charge in [-0.3, -0.25) is 4.68 Å². The molecule has 1 unspecified atom stereocenters. The van der Waals surface area contributed by atoms with Gasteiger partial charge in [-0.2, -0.15) is 5.10 Å². The van der Waals surface area contributed by atoms with E-state index in [1.54, 1.807) is 7.11 Å². The van der Waals surface area contributed by atoms with E-state index in [1.807, 2.05) is 17.9 Å². The number of aryl methyl sites for hydroxylation is 2. The summed E-state index contributed by atoms with van der Waals surface area (Å²) in [5, 5.41) is 7.68. The summed E-state index contributed by atoms with van der Waals surface area (Å²) in [5.74, 6) is 0.752. The average molecular weight is 253 g/mol. The molecule has 0 saturated carbocycles. The Morgan fingerprint density at radius 3 is 2.89 bits per heavy atom. The number of methoxy groups -OCH3 is 1. The fourth-order valence-electron chi connectivity index (χ4n) is 2.24. The molecule has 1 heterocycles. The number of nitrogens with zero attached hydrogens (tertiary/aromatic N) is 2. The Morgan fingerprint density at radius 2 is 2.28 bits per heavy atom. The number of nitrogens with one attached hydrogen (secondary N) is 1. The fraction of sp³-hybridized carbons (Fsp3) is 0.786. The molecular weight excluding hydrogens is 226 g/mol. The lowest BCUT2D eigenvalue weighted by Crippen LogP contribution is -2.26. The van der Waals surface area contributed by atoms with E-state index in [2.05, 4.69) is 23.4 Å². The summed E-state index contributed by atoms with van der Waals surface area (Å²) in [7, 11) is 3.76. The molecule has 4 heteroatoms. The highest BCUT2D eigenvalue weighted by atomic mass is 16.5. The lowest BCUT2D eigenvalue weighted by Gasteiger charge is -2.16. The largest absolute Gasteiger partial charge is 0.383 e. The van der Waals surface area contributed by atoms with Crippen molar-refractivity contribution in [2.75, 3.05) is 26.8 Å². The van der Waals surface area contributed by atoms with Crippen LogP contribution in [0.2, 0.25) is 0 Å². The van der Waals surface area contributed by atoms with Crippen molar-refractivity contribution in [1.82, 2.24) is 15.1 Å². The monoisotopic (exact) mass is 253 g/mol. The lowest BCUT2D eigenvalue weighted by molar-refractivity contribution is 0.197. The molecule has 0 aliphatic carbocycles. The molecule has 1 N–H and O–H groups in total. The highest BCUT2D eigenvalue weighted by Gasteiger charge is 2.09. The minimum absolute atomic E-state index is 0.752. The predicted octanol–water partition coefficient (Wildman–Crippen LogP) is 2.00. The summed E-state index contributed by atoms with van der Waals surface area (Å²) in [6.45, 7) is 5.09. The first-order valence-electron chi connectivity index (χ1n) is 6.94. The van der Waals surface area contributed by atoms with E-state index < -0.39 is 0 Å². The van der Waals surface area contributed by atoms with Crippen LogP contribution in [0.4, 0.5) is 0 Å². The smallest absolute Gasteiger partial charge is 0.0587 e. The topological polar surface area (TPSA) is 39.1 Å². The minimum atomic E-state index is 0.752. The second-order valence-corrected chi connectivity index (χ2v) is 4.84. The van der Waals surface area contributed by atoms with Gasteiger partial charge >= 0.3 is 0 Å². The Morgan fingerprint density at radius 1 is 1.44 bits per heavy atom. The van der Waals surface area contributed by atoms with Gasteiger partial charge in [0.05, 0.1) is 6.61 Å². The number of hydrogen-bond acceptors (Lipinski definition) is 3. The molecule has 1 rings (SSSR count). The van der Waals surface area contributed by atoms with Gasteiger partial charge in [0, 0.05) is 32.6 Å². The molecule has 0 saturated heterocycles. The average Bonchev–Trinajstić information content (AvgIpc) is 2.77. The van der Waals surface area contributed by atoms with Crippen molar-refractivity contribution in [3.8, 4) is 0 Å². The van der Waals surface area contributed by atoms with Crippen LogP contribution in [-0.2, 0) is 18.2 Å². The Bertz CT molecular complexity index is 312. The van der Waals surface area contributed by atoms with Crippen molar-refractivity contribution in [1.29, 1.82) is 0 Å². The van der Waals surface area contributed by atoms with Gasteiger partial charge < -0.3 is 10.1 Å². The van der Waals surface area contributed by atoms with Crippen LogP contribution in [0.5, 0.6) is 0 Å². The molecule has 104 valence electrons. The zero-order valence-electron chi connectivity index (χ0n) is 12.0. The number of hydrogen-bond donors (Lipinski definition) is 1. The van der Waals surface area contributed by atoms with Crippen LogP contribution in [0.3, 0.4) is 0 Å². The van der Waals surface area contributed by atoms with Crippen molar-refractivity contribution in [2.45, 2.75) is 32.6 Å². The molecule has 0 fully saturated rings. The first kappa shape index (κ1) is 15.2. The molecule has 18 heavy (non-hydrogen) atoms. The van der Waals surface area contributed by atoms with Gasteiger partial charge in [0.15, 0.2) is 0 Å². The van der Waals surface area contributed by atoms with Gasteiger partial charge in [0.2, 0.25) is 0 Å². The summed E-state index contributed by atoms with van der Waals surface area (Å²) >= 11 is 0. The van der Waals surface area contributed by atoms with E-state index in [-0.39, 0.29) is 0 Å². The zero-order chi connectivity index (χ0) is 13.2. The molecule has 0 aromatic carbocycles. The lowest BCUT2D eigenvalue weighted by atomic mass is 9.97. The maximum absolute atomic E-state index is 5.04. The van der Waals surface area contributed by atoms with Crippen LogP contribution < -0.4 is 5.32 Å². The highest BCUT2D eigenvalue weighted by molar-refractivity contribution is 5.00. The van der Waals surface area contributed by atoms with E-state index in [9.17, 15) is 0 Å². The molecular formula is C14H27N3O.